The van der Waals surface area contributed by atoms with Crippen LogP contribution in [0.5, 0.6) is 0 Å². The van der Waals surface area contributed by atoms with Crippen LogP contribution in [0.1, 0.15) is 15.9 Å². The van der Waals surface area contributed by atoms with Crippen molar-refractivity contribution < 1.29 is 23.1 Å². The van der Waals surface area contributed by atoms with Crippen LogP contribution in [-0.2, 0) is 10.0 Å². The monoisotopic (exact) mass is 438 g/mol. The minimum atomic E-state index is -3.97. The highest BCUT2D eigenvalue weighted by Gasteiger charge is 2.27. The van der Waals surface area contributed by atoms with Crippen molar-refractivity contribution in [3.05, 3.63) is 52.7 Å². The van der Waals surface area contributed by atoms with Crippen molar-refractivity contribution in [2.75, 3.05) is 31.1 Å². The number of hydrogen-bond donors (Lipinski definition) is 2. The Kier molecular flexibility index (Phi) is 5.94. The van der Waals surface area contributed by atoms with Crippen molar-refractivity contribution in [1.29, 1.82) is 0 Å². The molecule has 2 heterocycles. The third-order valence-electron chi connectivity index (χ3n) is 4.54. The van der Waals surface area contributed by atoms with Crippen LogP contribution in [0, 0.1) is 6.92 Å². The molecule has 1 aromatic carbocycles. The normalized spacial score (nSPS) is 14.6. The van der Waals surface area contributed by atoms with Crippen LogP contribution in [0.25, 0.3) is 0 Å². The smallest absolute Gasteiger partial charge is 0.337 e. The van der Waals surface area contributed by atoms with E-state index in [9.17, 15) is 18.0 Å². The predicted molar refractivity (Wildman–Crippen MR) is 107 cm³/mol. The molecule has 0 atom stereocenters. The molecule has 2 aromatic rings. The zero-order chi connectivity index (χ0) is 21.2. The van der Waals surface area contributed by atoms with Crippen molar-refractivity contribution in [3.8, 4) is 0 Å². The van der Waals surface area contributed by atoms with Gasteiger partial charge in [0.15, 0.2) is 0 Å². The minimum Gasteiger partial charge on any atom is -0.478 e. The Morgan fingerprint density at radius 2 is 1.83 bits per heavy atom. The van der Waals surface area contributed by atoms with Crippen molar-refractivity contribution in [3.63, 3.8) is 0 Å². The number of carbonyl (C=O) groups excluding carboxylic acids is 1. The van der Waals surface area contributed by atoms with E-state index in [0.29, 0.717) is 24.5 Å². The molecule has 0 radical (unpaired) electrons. The second-order valence-electron chi connectivity index (χ2n) is 6.48. The highest BCUT2D eigenvalue weighted by Crippen LogP contribution is 2.25. The fraction of sp³-hybridized carbons (Fsp3) is 0.278. The second kappa shape index (κ2) is 8.26. The molecule has 0 aliphatic carbocycles. The molecule has 1 aliphatic rings. The number of piperazine rings is 1. The number of aromatic carboxylic acids is 1. The van der Waals surface area contributed by atoms with E-state index in [0.717, 1.165) is 0 Å². The molecule has 1 aliphatic heterocycles. The molecule has 3 rings (SSSR count). The first-order valence-electron chi connectivity index (χ1n) is 8.70. The average molecular weight is 439 g/mol. The number of carbonyl (C=O) groups is 2. The lowest BCUT2D eigenvalue weighted by Gasteiger charge is -2.35. The van der Waals surface area contributed by atoms with E-state index < -0.39 is 22.0 Å². The van der Waals surface area contributed by atoms with Gasteiger partial charge in [-0.25, -0.2) is 27.7 Å². The van der Waals surface area contributed by atoms with Gasteiger partial charge in [0.05, 0.1) is 15.5 Å². The molecule has 11 heteroatoms. The van der Waals surface area contributed by atoms with Crippen LogP contribution in [0.3, 0.4) is 0 Å². The highest BCUT2D eigenvalue weighted by molar-refractivity contribution is 7.90. The number of sulfonamides is 1. The predicted octanol–water partition coefficient (Wildman–Crippen LogP) is 1.96. The number of pyridine rings is 1. The van der Waals surface area contributed by atoms with Crippen molar-refractivity contribution >= 4 is 39.4 Å². The highest BCUT2D eigenvalue weighted by atomic mass is 35.5. The van der Waals surface area contributed by atoms with Gasteiger partial charge in [0, 0.05) is 32.4 Å². The van der Waals surface area contributed by atoms with Gasteiger partial charge in [-0.2, -0.15) is 0 Å². The number of nitrogens with zero attached hydrogens (tertiary/aromatic N) is 3. The Hall–Kier alpha value is -2.85. The van der Waals surface area contributed by atoms with E-state index in [1.807, 2.05) is 4.90 Å². The molecule has 0 saturated carbocycles. The van der Waals surface area contributed by atoms with Gasteiger partial charge in [-0.05, 0) is 24.6 Å². The summed E-state index contributed by atoms with van der Waals surface area (Å²) >= 11 is 6.14. The molecular weight excluding hydrogens is 420 g/mol. The molecule has 29 heavy (non-hydrogen) atoms. The standard InChI is InChI=1S/C18H19ClN4O5S/c1-12-4-2-3-5-15(12)29(27,28)21-18(26)23-8-6-22(7-9-23)16-14(19)10-13(11-20-16)17(24)25/h2-5,10-11H,6-9H2,1H3,(H,21,26)(H,24,25). The quantitative estimate of drug-likeness (QED) is 0.748. The van der Waals surface area contributed by atoms with Crippen LogP contribution in [-0.4, -0.2) is 61.6 Å². The van der Waals surface area contributed by atoms with Gasteiger partial charge < -0.3 is 14.9 Å². The lowest BCUT2D eigenvalue weighted by molar-refractivity contribution is 0.0696. The van der Waals surface area contributed by atoms with Gasteiger partial charge in [-0.15, -0.1) is 0 Å². The minimum absolute atomic E-state index is 0.0156. The molecule has 0 spiro atoms. The number of nitrogens with one attached hydrogen (secondary N) is 1. The number of carboxylic acid groups (broad SMARTS) is 1. The summed E-state index contributed by atoms with van der Waals surface area (Å²) in [7, 11) is -3.97. The third-order valence-corrected chi connectivity index (χ3v) is 6.30. The molecule has 1 aromatic heterocycles. The summed E-state index contributed by atoms with van der Waals surface area (Å²) in [6.07, 6.45) is 1.22. The number of carboxylic acids is 1. The lowest BCUT2D eigenvalue weighted by atomic mass is 10.2. The number of hydrogen-bond acceptors (Lipinski definition) is 6. The van der Waals surface area contributed by atoms with E-state index in [4.69, 9.17) is 16.7 Å². The number of aromatic nitrogens is 1. The molecule has 2 N–H and O–H groups in total. The number of benzene rings is 1. The Morgan fingerprint density at radius 1 is 1.17 bits per heavy atom. The van der Waals surface area contributed by atoms with Crippen molar-refractivity contribution in [1.82, 2.24) is 14.6 Å². The Bertz CT molecular complexity index is 1050. The zero-order valence-electron chi connectivity index (χ0n) is 15.5. The van der Waals surface area contributed by atoms with E-state index in [-0.39, 0.29) is 28.6 Å². The van der Waals surface area contributed by atoms with Gasteiger partial charge in [0.2, 0.25) is 0 Å². The Balaban J connectivity index is 1.64. The fourth-order valence-corrected chi connectivity index (χ4v) is 4.50. The number of aryl methyl sites for hydroxylation is 1. The number of amides is 2. The van der Waals surface area contributed by atoms with Crippen LogP contribution in [0.4, 0.5) is 10.6 Å². The molecular formula is C18H19ClN4O5S. The Morgan fingerprint density at radius 3 is 2.41 bits per heavy atom. The van der Waals surface area contributed by atoms with Crippen molar-refractivity contribution in [2.45, 2.75) is 11.8 Å². The summed E-state index contributed by atoms with van der Waals surface area (Å²) in [4.78, 5) is 30.8. The second-order valence-corrected chi connectivity index (χ2v) is 8.54. The molecule has 9 nitrogen and oxygen atoms in total. The first kappa shape index (κ1) is 20.9. The van der Waals surface area contributed by atoms with Crippen LogP contribution < -0.4 is 9.62 Å². The number of urea groups is 1. The lowest BCUT2D eigenvalue weighted by Crippen LogP contribution is -2.53. The van der Waals surface area contributed by atoms with E-state index in [1.54, 1.807) is 25.1 Å². The summed E-state index contributed by atoms with van der Waals surface area (Å²) < 4.78 is 27.1. The first-order valence-corrected chi connectivity index (χ1v) is 10.6. The number of rotatable bonds is 4. The number of halogens is 1. The molecule has 1 saturated heterocycles. The summed E-state index contributed by atoms with van der Waals surface area (Å²) in [6.45, 7) is 2.92. The summed E-state index contributed by atoms with van der Waals surface area (Å²) in [6, 6.07) is 7.03. The van der Waals surface area contributed by atoms with Crippen LogP contribution in [0.2, 0.25) is 5.02 Å². The maximum absolute atomic E-state index is 12.5. The summed E-state index contributed by atoms with van der Waals surface area (Å²) in [5.74, 6) is -0.702. The summed E-state index contributed by atoms with van der Waals surface area (Å²) in [5.41, 5.74) is 0.529. The first-order chi connectivity index (χ1) is 13.7. The maximum atomic E-state index is 12.5. The molecule has 0 bridgehead atoms. The molecule has 1 fully saturated rings. The Labute approximate surface area is 173 Å². The van der Waals surface area contributed by atoms with E-state index in [1.165, 1.54) is 23.2 Å². The van der Waals surface area contributed by atoms with E-state index >= 15 is 0 Å². The maximum Gasteiger partial charge on any atom is 0.337 e. The van der Waals surface area contributed by atoms with Crippen LogP contribution in [0.15, 0.2) is 41.4 Å². The SMILES string of the molecule is Cc1ccccc1S(=O)(=O)NC(=O)N1CCN(c2ncc(C(=O)O)cc2Cl)CC1. The number of anilines is 1. The van der Waals surface area contributed by atoms with Crippen molar-refractivity contribution in [2.24, 2.45) is 0 Å². The molecule has 2 amide bonds. The molecule has 0 unspecified atom stereocenters. The van der Waals surface area contributed by atoms with Gasteiger partial charge in [-0.3, -0.25) is 0 Å². The fourth-order valence-electron chi connectivity index (χ4n) is 2.99. The molecule has 154 valence electrons. The van der Waals surface area contributed by atoms with Gasteiger partial charge >= 0.3 is 12.0 Å². The summed E-state index contributed by atoms with van der Waals surface area (Å²) in [5, 5.41) is 9.19. The topological polar surface area (TPSA) is 120 Å². The van der Waals surface area contributed by atoms with Gasteiger partial charge in [0.1, 0.15) is 5.82 Å². The van der Waals surface area contributed by atoms with Gasteiger partial charge in [0.25, 0.3) is 10.0 Å². The van der Waals surface area contributed by atoms with Crippen LogP contribution >= 0.6 is 11.6 Å². The largest absolute Gasteiger partial charge is 0.478 e. The average Bonchev–Trinajstić information content (AvgIpc) is 2.68. The zero-order valence-corrected chi connectivity index (χ0v) is 17.1. The van der Waals surface area contributed by atoms with Gasteiger partial charge in [-0.1, -0.05) is 29.8 Å². The van der Waals surface area contributed by atoms with E-state index in [2.05, 4.69) is 9.71 Å². The third kappa shape index (κ3) is 4.60.